The van der Waals surface area contributed by atoms with Crippen molar-refractivity contribution < 1.29 is 14.3 Å². The van der Waals surface area contributed by atoms with Crippen LogP contribution in [0, 0.1) is 5.92 Å². The number of rotatable bonds is 2. The Morgan fingerprint density at radius 2 is 2.00 bits per heavy atom. The van der Waals surface area contributed by atoms with Gasteiger partial charge in [0.2, 0.25) is 0 Å². The average molecular weight is 249 g/mol. The van der Waals surface area contributed by atoms with Gasteiger partial charge in [0.15, 0.2) is 11.5 Å². The van der Waals surface area contributed by atoms with Crippen LogP contribution in [-0.2, 0) is 4.79 Å². The summed E-state index contributed by atoms with van der Waals surface area (Å²) < 4.78 is 11.0. The van der Waals surface area contributed by atoms with Gasteiger partial charge in [-0.05, 0) is 17.7 Å². The molecule has 0 radical (unpaired) electrons. The number of aldehydes is 1. The molecule has 0 spiro atoms. The lowest BCUT2D eigenvalue weighted by Gasteiger charge is -2.21. The van der Waals surface area contributed by atoms with Gasteiger partial charge in [0.25, 0.3) is 0 Å². The van der Waals surface area contributed by atoms with E-state index in [0.717, 1.165) is 17.6 Å². The van der Waals surface area contributed by atoms with E-state index in [1.54, 1.807) is 0 Å². The Morgan fingerprint density at radius 1 is 1.22 bits per heavy atom. The summed E-state index contributed by atoms with van der Waals surface area (Å²) in [6.07, 6.45) is 0.500. The minimum atomic E-state index is -0.374. The monoisotopic (exact) mass is 249 g/mol. The Balaban J connectivity index is 1.90. The zero-order valence-electron chi connectivity index (χ0n) is 9.76. The van der Waals surface area contributed by atoms with E-state index >= 15 is 0 Å². The van der Waals surface area contributed by atoms with E-state index in [4.69, 9.17) is 15.2 Å². The van der Waals surface area contributed by atoms with Crippen LogP contribution >= 0.6 is 0 Å². The first-order chi connectivity index (χ1) is 8.79. The van der Waals surface area contributed by atoms with Gasteiger partial charge in [-0.15, -0.1) is 0 Å². The number of carbonyl (C=O) groups excluding carboxylic acids is 1. The number of ether oxygens (including phenoxy) is 2. The first-order valence-corrected chi connectivity index (χ1v) is 5.91. The van der Waals surface area contributed by atoms with Gasteiger partial charge in [-0.25, -0.2) is 10.9 Å². The number of hydrogen-bond acceptors (Lipinski definition) is 6. The molecule has 0 aliphatic carbocycles. The van der Waals surface area contributed by atoms with Gasteiger partial charge in [-0.3, -0.25) is 0 Å². The molecule has 2 aliphatic rings. The maximum atomic E-state index is 11.1. The SMILES string of the molecule is NC1NNC(c2ccc3c(c2)OCCO3)C1C=O. The van der Waals surface area contributed by atoms with Crippen LogP contribution in [0.15, 0.2) is 18.2 Å². The number of hydrazine groups is 1. The molecular weight excluding hydrogens is 234 g/mol. The van der Waals surface area contributed by atoms with E-state index in [1.807, 2.05) is 18.2 Å². The molecule has 3 rings (SSSR count). The quantitative estimate of drug-likeness (QED) is 0.624. The zero-order valence-corrected chi connectivity index (χ0v) is 9.76. The first kappa shape index (κ1) is 11.5. The largest absolute Gasteiger partial charge is 0.486 e. The molecule has 3 atom stereocenters. The van der Waals surface area contributed by atoms with E-state index < -0.39 is 0 Å². The molecule has 3 unspecified atom stereocenters. The van der Waals surface area contributed by atoms with Crippen molar-refractivity contribution in [3.05, 3.63) is 23.8 Å². The molecule has 1 fully saturated rings. The van der Waals surface area contributed by atoms with Crippen LogP contribution in [0.5, 0.6) is 11.5 Å². The lowest BCUT2D eigenvalue weighted by atomic mass is 9.94. The third kappa shape index (κ3) is 1.84. The number of hydrogen-bond donors (Lipinski definition) is 3. The van der Waals surface area contributed by atoms with Crippen LogP contribution in [0.25, 0.3) is 0 Å². The molecule has 6 nitrogen and oxygen atoms in total. The Hall–Kier alpha value is -1.63. The Bertz CT molecular complexity index is 466. The lowest BCUT2D eigenvalue weighted by Crippen LogP contribution is -2.39. The van der Waals surface area contributed by atoms with E-state index in [1.165, 1.54) is 0 Å². The number of nitrogens with two attached hydrogens (primary N) is 1. The van der Waals surface area contributed by atoms with Gasteiger partial charge in [0, 0.05) is 0 Å². The van der Waals surface area contributed by atoms with Gasteiger partial charge in [0.1, 0.15) is 19.5 Å². The van der Waals surface area contributed by atoms with E-state index in [2.05, 4.69) is 10.9 Å². The second kappa shape index (κ2) is 4.56. The molecule has 6 heteroatoms. The summed E-state index contributed by atoms with van der Waals surface area (Å²) in [5.41, 5.74) is 12.7. The summed E-state index contributed by atoms with van der Waals surface area (Å²) in [7, 11) is 0. The van der Waals surface area contributed by atoms with Crippen LogP contribution in [0.1, 0.15) is 11.6 Å². The van der Waals surface area contributed by atoms with Crippen molar-refractivity contribution in [2.24, 2.45) is 11.7 Å². The molecule has 18 heavy (non-hydrogen) atoms. The molecule has 0 amide bonds. The zero-order chi connectivity index (χ0) is 12.5. The molecule has 4 N–H and O–H groups in total. The van der Waals surface area contributed by atoms with Crippen molar-refractivity contribution in [2.75, 3.05) is 13.2 Å². The van der Waals surface area contributed by atoms with Crippen LogP contribution in [0.2, 0.25) is 0 Å². The Labute approximate surface area is 104 Å². The molecule has 0 saturated carbocycles. The maximum absolute atomic E-state index is 11.1. The standard InChI is InChI=1S/C12H15N3O3/c13-12-8(6-16)11(14-15-12)7-1-2-9-10(5-7)18-4-3-17-9/h1-2,5-6,8,11-12,14-15H,3-4,13H2. The molecule has 96 valence electrons. The first-order valence-electron chi connectivity index (χ1n) is 5.91. The number of benzene rings is 1. The number of carbonyl (C=O) groups is 1. The minimum Gasteiger partial charge on any atom is -0.486 e. The fourth-order valence-corrected chi connectivity index (χ4v) is 2.31. The molecular formula is C12H15N3O3. The van der Waals surface area contributed by atoms with Crippen LogP contribution in [-0.4, -0.2) is 25.7 Å². The lowest BCUT2D eigenvalue weighted by molar-refractivity contribution is -0.111. The van der Waals surface area contributed by atoms with Gasteiger partial charge in [-0.1, -0.05) is 6.07 Å². The van der Waals surface area contributed by atoms with E-state index in [-0.39, 0.29) is 18.1 Å². The van der Waals surface area contributed by atoms with Gasteiger partial charge < -0.3 is 20.0 Å². The fraction of sp³-hybridized carbons (Fsp3) is 0.417. The minimum absolute atomic E-state index is 0.145. The van der Waals surface area contributed by atoms with Crippen LogP contribution in [0.3, 0.4) is 0 Å². The number of fused-ring (bicyclic) bond motifs is 1. The topological polar surface area (TPSA) is 85.6 Å². The van der Waals surface area contributed by atoms with Crippen molar-refractivity contribution in [1.29, 1.82) is 0 Å². The second-order valence-corrected chi connectivity index (χ2v) is 4.41. The number of nitrogens with one attached hydrogen (secondary N) is 2. The predicted molar refractivity (Wildman–Crippen MR) is 64.0 cm³/mol. The third-order valence-electron chi connectivity index (χ3n) is 3.29. The highest BCUT2D eigenvalue weighted by Crippen LogP contribution is 2.35. The van der Waals surface area contributed by atoms with Gasteiger partial charge in [0.05, 0.1) is 18.1 Å². The van der Waals surface area contributed by atoms with Crippen molar-refractivity contribution in [2.45, 2.75) is 12.2 Å². The summed E-state index contributed by atoms with van der Waals surface area (Å²) in [6.45, 7) is 1.11. The highest BCUT2D eigenvalue weighted by Gasteiger charge is 2.34. The fourth-order valence-electron chi connectivity index (χ4n) is 2.31. The maximum Gasteiger partial charge on any atom is 0.161 e. The summed E-state index contributed by atoms with van der Waals surface area (Å²) in [4.78, 5) is 11.1. The summed E-state index contributed by atoms with van der Waals surface area (Å²) in [5.74, 6) is 1.15. The van der Waals surface area contributed by atoms with Crippen molar-refractivity contribution in [3.63, 3.8) is 0 Å². The Morgan fingerprint density at radius 3 is 2.78 bits per heavy atom. The second-order valence-electron chi connectivity index (χ2n) is 4.41. The predicted octanol–water partition coefficient (Wildman–Crippen LogP) is -0.293. The summed E-state index contributed by atoms with van der Waals surface area (Å²) in [5, 5.41) is 0. The molecule has 1 saturated heterocycles. The third-order valence-corrected chi connectivity index (χ3v) is 3.29. The molecule has 2 aliphatic heterocycles. The van der Waals surface area contributed by atoms with Crippen molar-refractivity contribution in [1.82, 2.24) is 10.9 Å². The van der Waals surface area contributed by atoms with Crippen LogP contribution < -0.4 is 26.1 Å². The van der Waals surface area contributed by atoms with E-state index in [9.17, 15) is 4.79 Å². The average Bonchev–Trinajstić information content (AvgIpc) is 2.79. The van der Waals surface area contributed by atoms with Gasteiger partial charge >= 0.3 is 0 Å². The molecule has 0 aromatic heterocycles. The molecule has 1 aromatic rings. The smallest absolute Gasteiger partial charge is 0.161 e. The Kier molecular flexibility index (Phi) is 2.91. The molecule has 0 bridgehead atoms. The molecule has 1 aromatic carbocycles. The van der Waals surface area contributed by atoms with Crippen molar-refractivity contribution >= 4 is 6.29 Å². The molecule has 2 heterocycles. The van der Waals surface area contributed by atoms with Crippen LogP contribution in [0.4, 0.5) is 0 Å². The van der Waals surface area contributed by atoms with Gasteiger partial charge in [-0.2, -0.15) is 0 Å². The normalized spacial score (nSPS) is 30.2. The van der Waals surface area contributed by atoms with Crippen molar-refractivity contribution in [3.8, 4) is 11.5 Å². The highest BCUT2D eigenvalue weighted by atomic mass is 16.6. The highest BCUT2D eigenvalue weighted by molar-refractivity contribution is 5.58. The summed E-state index contributed by atoms with van der Waals surface area (Å²) >= 11 is 0. The van der Waals surface area contributed by atoms with E-state index in [0.29, 0.717) is 19.0 Å². The summed E-state index contributed by atoms with van der Waals surface area (Å²) in [6, 6.07) is 5.52.